The molecular weight excluding hydrogens is 290 g/mol. The number of hydrogen-bond donors (Lipinski definition) is 2. The van der Waals surface area contributed by atoms with E-state index in [0.717, 1.165) is 38.9 Å². The summed E-state index contributed by atoms with van der Waals surface area (Å²) < 4.78 is 5.16. The molecule has 1 aliphatic rings. The van der Waals surface area contributed by atoms with Gasteiger partial charge in [0, 0.05) is 39.3 Å². The maximum Gasteiger partial charge on any atom is 0.222 e. The van der Waals surface area contributed by atoms with Crippen molar-refractivity contribution in [1.82, 2.24) is 10.2 Å². The van der Waals surface area contributed by atoms with Gasteiger partial charge in [-0.3, -0.25) is 4.79 Å². The van der Waals surface area contributed by atoms with Crippen LogP contribution >= 0.6 is 0 Å². The van der Waals surface area contributed by atoms with Crippen LogP contribution in [0.2, 0.25) is 0 Å². The van der Waals surface area contributed by atoms with Crippen molar-refractivity contribution in [3.8, 4) is 0 Å². The molecule has 1 aromatic rings. The minimum atomic E-state index is -0.180. The number of likely N-dealkylation sites (tertiary alicyclic amines) is 1. The fourth-order valence-electron chi connectivity index (χ4n) is 2.99. The summed E-state index contributed by atoms with van der Waals surface area (Å²) in [6, 6.07) is 10.9. The van der Waals surface area contributed by atoms with E-state index in [4.69, 9.17) is 10.5 Å². The van der Waals surface area contributed by atoms with Gasteiger partial charge in [0.1, 0.15) is 0 Å². The van der Waals surface area contributed by atoms with Crippen molar-refractivity contribution in [3.05, 3.63) is 35.9 Å². The van der Waals surface area contributed by atoms with E-state index in [1.807, 2.05) is 0 Å². The normalized spacial score (nSPS) is 17.8. The van der Waals surface area contributed by atoms with Gasteiger partial charge in [-0.05, 0) is 24.8 Å². The lowest BCUT2D eigenvalue weighted by molar-refractivity contribution is -0.124. The summed E-state index contributed by atoms with van der Waals surface area (Å²) in [5.74, 6) is 0.0463. The van der Waals surface area contributed by atoms with Crippen LogP contribution < -0.4 is 11.1 Å². The lowest BCUT2D eigenvalue weighted by Gasteiger charge is -2.32. The first-order chi connectivity index (χ1) is 11.2. The van der Waals surface area contributed by atoms with Crippen LogP contribution in [0.15, 0.2) is 30.3 Å². The fraction of sp³-hybridized carbons (Fsp3) is 0.611. The van der Waals surface area contributed by atoms with E-state index in [1.54, 1.807) is 7.11 Å². The van der Waals surface area contributed by atoms with Crippen molar-refractivity contribution in [2.45, 2.75) is 37.8 Å². The Morgan fingerprint density at radius 3 is 2.65 bits per heavy atom. The Bertz CT molecular complexity index is 455. The molecule has 0 spiro atoms. The molecule has 2 rings (SSSR count). The third-order valence-electron chi connectivity index (χ3n) is 4.52. The monoisotopic (exact) mass is 319 g/mol. The van der Waals surface area contributed by atoms with Crippen molar-refractivity contribution in [3.63, 3.8) is 0 Å². The average molecular weight is 319 g/mol. The van der Waals surface area contributed by atoms with Crippen LogP contribution in [0.4, 0.5) is 0 Å². The third-order valence-corrected chi connectivity index (χ3v) is 4.52. The predicted molar refractivity (Wildman–Crippen MR) is 92.2 cm³/mol. The molecule has 5 nitrogen and oxygen atoms in total. The molecule has 3 N–H and O–H groups in total. The average Bonchev–Trinajstić information content (AvgIpc) is 2.60. The number of ether oxygens (including phenoxy) is 1. The SMILES string of the molecule is COC(CN)CC(=O)NC1CCN(CCc2ccccc2)CC1. The van der Waals surface area contributed by atoms with E-state index >= 15 is 0 Å². The molecule has 128 valence electrons. The molecule has 0 radical (unpaired) electrons. The van der Waals surface area contributed by atoms with E-state index in [9.17, 15) is 4.79 Å². The molecule has 1 amide bonds. The molecule has 23 heavy (non-hydrogen) atoms. The summed E-state index contributed by atoms with van der Waals surface area (Å²) in [5, 5.41) is 3.11. The van der Waals surface area contributed by atoms with Crippen LogP contribution in [0.25, 0.3) is 0 Å². The standard InChI is InChI=1S/C18H29N3O2/c1-23-17(14-19)13-18(22)20-16-8-11-21(12-9-16)10-7-15-5-3-2-4-6-15/h2-6,16-17H,7-14,19H2,1H3,(H,20,22). The number of piperidine rings is 1. The number of benzene rings is 1. The highest BCUT2D eigenvalue weighted by molar-refractivity contribution is 5.76. The maximum atomic E-state index is 12.0. The molecular formula is C18H29N3O2. The second kappa shape index (κ2) is 9.65. The number of nitrogens with zero attached hydrogens (tertiary/aromatic N) is 1. The van der Waals surface area contributed by atoms with Gasteiger partial charge in [-0.25, -0.2) is 0 Å². The number of carbonyl (C=O) groups is 1. The summed E-state index contributed by atoms with van der Waals surface area (Å²) >= 11 is 0. The summed E-state index contributed by atoms with van der Waals surface area (Å²) in [4.78, 5) is 14.5. The maximum absolute atomic E-state index is 12.0. The van der Waals surface area contributed by atoms with Gasteiger partial charge >= 0.3 is 0 Å². The molecule has 1 fully saturated rings. The highest BCUT2D eigenvalue weighted by Gasteiger charge is 2.21. The first kappa shape index (κ1) is 17.9. The summed E-state index contributed by atoms with van der Waals surface area (Å²) in [6.45, 7) is 3.55. The number of methoxy groups -OCH3 is 1. The van der Waals surface area contributed by atoms with Gasteiger partial charge in [0.25, 0.3) is 0 Å². The quantitative estimate of drug-likeness (QED) is 0.755. The van der Waals surface area contributed by atoms with Gasteiger partial charge in [-0.2, -0.15) is 0 Å². The van der Waals surface area contributed by atoms with E-state index in [2.05, 4.69) is 40.5 Å². The number of rotatable bonds is 8. The van der Waals surface area contributed by atoms with Crippen LogP contribution in [0.5, 0.6) is 0 Å². The Kier molecular flexibility index (Phi) is 7.52. The summed E-state index contributed by atoms with van der Waals surface area (Å²) in [6.07, 6.45) is 3.29. The van der Waals surface area contributed by atoms with Gasteiger partial charge in [0.05, 0.1) is 12.5 Å². The van der Waals surface area contributed by atoms with E-state index in [-0.39, 0.29) is 18.1 Å². The minimum absolute atomic E-state index is 0.0463. The Balaban J connectivity index is 1.64. The number of nitrogens with two attached hydrogens (primary N) is 1. The van der Waals surface area contributed by atoms with Gasteiger partial charge in [-0.1, -0.05) is 30.3 Å². The van der Waals surface area contributed by atoms with Gasteiger partial charge in [-0.15, -0.1) is 0 Å². The van der Waals surface area contributed by atoms with Crippen LogP contribution in [-0.4, -0.2) is 56.2 Å². The Morgan fingerprint density at radius 1 is 1.35 bits per heavy atom. The summed E-state index contributed by atoms with van der Waals surface area (Å²) in [7, 11) is 1.59. The Labute approximate surface area is 139 Å². The zero-order chi connectivity index (χ0) is 16.5. The molecule has 0 bridgehead atoms. The van der Waals surface area contributed by atoms with Crippen molar-refractivity contribution >= 4 is 5.91 Å². The fourth-order valence-corrected chi connectivity index (χ4v) is 2.99. The van der Waals surface area contributed by atoms with Crippen LogP contribution in [-0.2, 0) is 16.0 Å². The van der Waals surface area contributed by atoms with Gasteiger partial charge in [0.15, 0.2) is 0 Å². The van der Waals surface area contributed by atoms with Gasteiger partial charge in [0.2, 0.25) is 5.91 Å². The van der Waals surface area contributed by atoms with Crippen LogP contribution in [0.3, 0.4) is 0 Å². The highest BCUT2D eigenvalue weighted by Crippen LogP contribution is 2.12. The first-order valence-electron chi connectivity index (χ1n) is 8.49. The third kappa shape index (κ3) is 6.29. The number of nitrogens with one attached hydrogen (secondary N) is 1. The highest BCUT2D eigenvalue weighted by atomic mass is 16.5. The first-order valence-corrected chi connectivity index (χ1v) is 8.49. The van der Waals surface area contributed by atoms with Crippen molar-refractivity contribution in [1.29, 1.82) is 0 Å². The second-order valence-electron chi connectivity index (χ2n) is 6.22. The number of hydrogen-bond acceptors (Lipinski definition) is 4. The molecule has 0 saturated carbocycles. The smallest absolute Gasteiger partial charge is 0.222 e. The molecule has 0 aliphatic carbocycles. The molecule has 1 aliphatic heterocycles. The van der Waals surface area contributed by atoms with Crippen molar-refractivity contribution in [2.24, 2.45) is 5.73 Å². The van der Waals surface area contributed by atoms with E-state index in [1.165, 1.54) is 5.56 Å². The molecule has 0 aromatic heterocycles. The van der Waals surface area contributed by atoms with Crippen molar-refractivity contribution in [2.75, 3.05) is 33.3 Å². The zero-order valence-corrected chi connectivity index (χ0v) is 14.0. The number of amides is 1. The number of carbonyl (C=O) groups excluding carboxylic acids is 1. The van der Waals surface area contributed by atoms with E-state index in [0.29, 0.717) is 13.0 Å². The van der Waals surface area contributed by atoms with Crippen LogP contribution in [0, 0.1) is 0 Å². The molecule has 1 atom stereocenters. The zero-order valence-electron chi connectivity index (χ0n) is 14.0. The molecule has 1 saturated heterocycles. The molecule has 1 heterocycles. The lowest BCUT2D eigenvalue weighted by Crippen LogP contribution is -2.46. The molecule has 1 unspecified atom stereocenters. The van der Waals surface area contributed by atoms with E-state index < -0.39 is 0 Å². The van der Waals surface area contributed by atoms with Crippen LogP contribution in [0.1, 0.15) is 24.8 Å². The Hall–Kier alpha value is -1.43. The van der Waals surface area contributed by atoms with Crippen molar-refractivity contribution < 1.29 is 9.53 Å². The lowest BCUT2D eigenvalue weighted by atomic mass is 10.0. The van der Waals surface area contributed by atoms with Gasteiger partial charge < -0.3 is 20.7 Å². The summed E-state index contributed by atoms with van der Waals surface area (Å²) in [5.41, 5.74) is 6.94. The molecule has 1 aromatic carbocycles. The second-order valence-corrected chi connectivity index (χ2v) is 6.22. The minimum Gasteiger partial charge on any atom is -0.380 e. The molecule has 5 heteroatoms. The predicted octanol–water partition coefficient (Wildman–Crippen LogP) is 1.17. The Morgan fingerprint density at radius 2 is 2.04 bits per heavy atom. The topological polar surface area (TPSA) is 67.6 Å². The largest absolute Gasteiger partial charge is 0.380 e.